The highest BCUT2D eigenvalue weighted by Gasteiger charge is 2.20. The Morgan fingerprint density at radius 3 is 2.58 bits per heavy atom. The zero-order valence-electron chi connectivity index (χ0n) is 15.6. The van der Waals surface area contributed by atoms with Gasteiger partial charge in [-0.2, -0.15) is 8.75 Å². The second kappa shape index (κ2) is 7.69. The van der Waals surface area contributed by atoms with Gasteiger partial charge in [-0.05, 0) is 42.5 Å². The number of benzene rings is 3. The Morgan fingerprint density at radius 1 is 0.903 bits per heavy atom. The van der Waals surface area contributed by atoms with E-state index in [1.165, 1.54) is 17.4 Å². The summed E-state index contributed by atoms with van der Waals surface area (Å²) < 4.78 is 37.3. The van der Waals surface area contributed by atoms with Crippen molar-refractivity contribution in [2.24, 2.45) is 0 Å². The quantitative estimate of drug-likeness (QED) is 0.397. The SMILES string of the molecule is O=C(Nc1nc2ccc(NS(=O)(=O)c3cccc4nsnc34)cc2s1)c1ccccc1. The van der Waals surface area contributed by atoms with Crippen LogP contribution in [0.4, 0.5) is 10.8 Å². The van der Waals surface area contributed by atoms with E-state index in [0.29, 0.717) is 32.9 Å². The van der Waals surface area contributed by atoms with Crippen LogP contribution in [0.3, 0.4) is 0 Å². The topological polar surface area (TPSA) is 114 Å². The number of nitrogens with zero attached hydrogens (tertiary/aromatic N) is 3. The van der Waals surface area contributed by atoms with E-state index in [2.05, 4.69) is 23.8 Å². The van der Waals surface area contributed by atoms with Crippen LogP contribution >= 0.6 is 23.1 Å². The number of anilines is 2. The molecule has 11 heteroatoms. The Hall–Kier alpha value is -3.41. The lowest BCUT2D eigenvalue weighted by Crippen LogP contribution is -2.13. The highest BCUT2D eigenvalue weighted by atomic mass is 32.2. The molecule has 0 saturated heterocycles. The zero-order chi connectivity index (χ0) is 21.4. The first-order valence-electron chi connectivity index (χ1n) is 9.01. The molecule has 0 aliphatic carbocycles. The number of hydrogen-bond acceptors (Lipinski definition) is 8. The minimum Gasteiger partial charge on any atom is -0.298 e. The molecule has 5 rings (SSSR count). The van der Waals surface area contributed by atoms with Crippen molar-refractivity contribution in [1.29, 1.82) is 0 Å². The van der Waals surface area contributed by atoms with Crippen molar-refractivity contribution >= 4 is 71.1 Å². The van der Waals surface area contributed by atoms with Gasteiger partial charge in [-0.1, -0.05) is 35.6 Å². The number of carbonyl (C=O) groups excluding carboxylic acids is 1. The molecule has 0 spiro atoms. The van der Waals surface area contributed by atoms with E-state index in [1.54, 1.807) is 54.6 Å². The van der Waals surface area contributed by atoms with E-state index >= 15 is 0 Å². The highest BCUT2D eigenvalue weighted by Crippen LogP contribution is 2.30. The lowest BCUT2D eigenvalue weighted by Gasteiger charge is -2.08. The summed E-state index contributed by atoms with van der Waals surface area (Å²) >= 11 is 2.23. The Labute approximate surface area is 185 Å². The average Bonchev–Trinajstić information content (AvgIpc) is 3.39. The molecule has 0 aliphatic rings. The third kappa shape index (κ3) is 3.85. The Bertz CT molecular complexity index is 1530. The van der Waals surface area contributed by atoms with Crippen LogP contribution in [0.1, 0.15) is 10.4 Å². The third-order valence-electron chi connectivity index (χ3n) is 4.44. The summed E-state index contributed by atoms with van der Waals surface area (Å²) in [6.07, 6.45) is 0. The van der Waals surface area contributed by atoms with Crippen molar-refractivity contribution in [1.82, 2.24) is 13.7 Å². The normalized spacial score (nSPS) is 11.6. The maximum Gasteiger partial charge on any atom is 0.264 e. The van der Waals surface area contributed by atoms with Gasteiger partial charge in [0, 0.05) is 5.56 Å². The second-order valence-electron chi connectivity index (χ2n) is 6.52. The number of fused-ring (bicyclic) bond motifs is 2. The minimum absolute atomic E-state index is 0.0685. The van der Waals surface area contributed by atoms with Gasteiger partial charge in [-0.3, -0.25) is 14.8 Å². The van der Waals surface area contributed by atoms with Crippen molar-refractivity contribution in [3.63, 3.8) is 0 Å². The number of hydrogen-bond donors (Lipinski definition) is 2. The lowest BCUT2D eigenvalue weighted by atomic mass is 10.2. The van der Waals surface area contributed by atoms with Crippen molar-refractivity contribution in [3.05, 3.63) is 72.3 Å². The summed E-state index contributed by atoms with van der Waals surface area (Å²) in [7, 11) is -3.86. The van der Waals surface area contributed by atoms with Crippen LogP contribution in [0.2, 0.25) is 0 Å². The van der Waals surface area contributed by atoms with Gasteiger partial charge in [0.15, 0.2) is 5.13 Å². The molecule has 8 nitrogen and oxygen atoms in total. The van der Waals surface area contributed by atoms with Gasteiger partial charge in [-0.25, -0.2) is 13.4 Å². The molecule has 5 aromatic rings. The molecule has 0 unspecified atom stereocenters. The van der Waals surface area contributed by atoms with Gasteiger partial charge in [0.25, 0.3) is 15.9 Å². The van der Waals surface area contributed by atoms with E-state index in [9.17, 15) is 13.2 Å². The van der Waals surface area contributed by atoms with Crippen LogP contribution in [0.15, 0.2) is 71.6 Å². The molecule has 2 aromatic heterocycles. The highest BCUT2D eigenvalue weighted by molar-refractivity contribution is 7.93. The number of rotatable bonds is 5. The first-order valence-corrected chi connectivity index (χ1v) is 12.0. The van der Waals surface area contributed by atoms with Crippen molar-refractivity contribution in [2.75, 3.05) is 10.0 Å². The second-order valence-corrected chi connectivity index (χ2v) is 9.73. The lowest BCUT2D eigenvalue weighted by molar-refractivity contribution is 0.102. The van der Waals surface area contributed by atoms with Crippen molar-refractivity contribution < 1.29 is 13.2 Å². The molecule has 1 amide bonds. The van der Waals surface area contributed by atoms with Crippen molar-refractivity contribution in [2.45, 2.75) is 4.90 Å². The van der Waals surface area contributed by atoms with E-state index in [4.69, 9.17) is 0 Å². The van der Waals surface area contributed by atoms with Gasteiger partial charge < -0.3 is 0 Å². The largest absolute Gasteiger partial charge is 0.298 e. The van der Waals surface area contributed by atoms with Crippen LogP contribution < -0.4 is 10.0 Å². The van der Waals surface area contributed by atoms with E-state index in [0.717, 1.165) is 16.4 Å². The summed E-state index contributed by atoms with van der Waals surface area (Å²) in [5, 5.41) is 3.21. The molecule has 0 saturated carbocycles. The molecule has 3 aromatic carbocycles. The predicted octanol–water partition coefficient (Wildman–Crippen LogP) is 4.35. The number of sulfonamides is 1. The molecular formula is C20H13N5O3S3. The van der Waals surface area contributed by atoms with Crippen LogP contribution in [0.25, 0.3) is 21.3 Å². The summed E-state index contributed by atoms with van der Waals surface area (Å²) in [6, 6.07) is 18.7. The van der Waals surface area contributed by atoms with Gasteiger partial charge in [0.2, 0.25) is 0 Å². The van der Waals surface area contributed by atoms with Gasteiger partial charge in [0.05, 0.1) is 27.6 Å². The number of thiazole rings is 1. The monoisotopic (exact) mass is 467 g/mol. The molecule has 0 fully saturated rings. The summed E-state index contributed by atoms with van der Waals surface area (Å²) in [6.45, 7) is 0. The predicted molar refractivity (Wildman–Crippen MR) is 122 cm³/mol. The Morgan fingerprint density at radius 2 is 1.74 bits per heavy atom. The fraction of sp³-hybridized carbons (Fsp3) is 0. The smallest absolute Gasteiger partial charge is 0.264 e. The number of carbonyl (C=O) groups is 1. The first-order chi connectivity index (χ1) is 15.0. The van der Waals surface area contributed by atoms with Gasteiger partial charge in [-0.15, -0.1) is 0 Å². The molecule has 0 aliphatic heterocycles. The molecular weight excluding hydrogens is 454 g/mol. The fourth-order valence-electron chi connectivity index (χ4n) is 3.01. The summed E-state index contributed by atoms with van der Waals surface area (Å²) in [5.41, 5.74) is 2.44. The first kappa shape index (κ1) is 19.5. The molecule has 31 heavy (non-hydrogen) atoms. The number of aromatic nitrogens is 3. The van der Waals surface area contributed by atoms with E-state index < -0.39 is 10.0 Å². The van der Waals surface area contributed by atoms with Crippen LogP contribution in [0.5, 0.6) is 0 Å². The third-order valence-corrected chi connectivity index (χ3v) is 7.32. The van der Waals surface area contributed by atoms with Crippen LogP contribution in [-0.2, 0) is 10.0 Å². The van der Waals surface area contributed by atoms with E-state index in [1.807, 2.05) is 6.07 Å². The van der Waals surface area contributed by atoms with Gasteiger partial charge in [0.1, 0.15) is 15.9 Å². The number of nitrogens with one attached hydrogen (secondary N) is 2. The molecule has 0 atom stereocenters. The van der Waals surface area contributed by atoms with E-state index in [-0.39, 0.29) is 10.8 Å². The molecule has 2 N–H and O–H groups in total. The Balaban J connectivity index is 1.41. The van der Waals surface area contributed by atoms with Crippen LogP contribution in [-0.4, -0.2) is 28.1 Å². The fourth-order valence-corrected chi connectivity index (χ4v) is 5.73. The summed E-state index contributed by atoms with van der Waals surface area (Å²) in [5.74, 6) is -0.259. The minimum atomic E-state index is -3.86. The molecule has 154 valence electrons. The maximum absolute atomic E-state index is 12.9. The van der Waals surface area contributed by atoms with Gasteiger partial charge >= 0.3 is 0 Å². The maximum atomic E-state index is 12.9. The molecule has 0 bridgehead atoms. The molecule has 0 radical (unpaired) electrons. The molecule has 2 heterocycles. The Kier molecular flexibility index (Phi) is 4.85. The summed E-state index contributed by atoms with van der Waals surface area (Å²) in [4.78, 5) is 16.8. The standard InChI is InChI=1S/C20H13N5O3S3/c26-19(12-5-2-1-3-6-12)22-20-21-14-10-9-13(11-16(14)29-20)25-31(27,28)17-8-4-7-15-18(17)24-30-23-15/h1-11,25H,(H,21,22,26). The van der Waals surface area contributed by atoms with Crippen LogP contribution in [0, 0.1) is 0 Å². The number of amides is 1. The zero-order valence-corrected chi connectivity index (χ0v) is 18.1. The van der Waals surface area contributed by atoms with Crippen molar-refractivity contribution in [3.8, 4) is 0 Å². The average molecular weight is 468 g/mol.